The fraction of sp³-hybridized carbons (Fsp3) is 0.520. The van der Waals surface area contributed by atoms with Crippen molar-refractivity contribution in [2.75, 3.05) is 7.11 Å². The highest BCUT2D eigenvalue weighted by molar-refractivity contribution is 5.33. The first-order valence-corrected chi connectivity index (χ1v) is 10.4. The SMILES string of the molecule is CO[C@@]1(C)C[C@H](C(C)(C)C)CC[C@]12ON2C(c1ccccc1)c1ccccc1. The minimum Gasteiger partial charge on any atom is -0.374 e. The third kappa shape index (κ3) is 3.20. The molecule has 2 aliphatic rings. The summed E-state index contributed by atoms with van der Waals surface area (Å²) < 4.78 is 6.17. The van der Waals surface area contributed by atoms with Gasteiger partial charge in [0.15, 0.2) is 5.72 Å². The second-order valence-electron chi connectivity index (χ2n) is 9.67. The Kier molecular flexibility index (Phi) is 4.89. The molecule has 2 aromatic carbocycles. The van der Waals surface area contributed by atoms with Crippen molar-refractivity contribution in [3.8, 4) is 0 Å². The molecule has 1 aliphatic carbocycles. The van der Waals surface area contributed by atoms with Gasteiger partial charge in [-0.15, -0.1) is 5.06 Å². The molecule has 0 amide bonds. The highest BCUT2D eigenvalue weighted by Gasteiger charge is 2.71. The number of rotatable bonds is 4. The standard InChI is InChI=1S/C25H33NO2/c1-23(2,3)21-16-17-25(24(4,18-21)27-5)26(28-25)22(19-12-8-6-9-13-19)20-14-10-7-11-15-20/h6-15,21-22H,16-18H2,1-5H3/t21-,24+,25+,26?/m1/s1. The van der Waals surface area contributed by atoms with Crippen molar-refractivity contribution in [1.82, 2.24) is 5.06 Å². The molecule has 2 aromatic rings. The second-order valence-corrected chi connectivity index (χ2v) is 9.67. The van der Waals surface area contributed by atoms with Gasteiger partial charge in [-0.05, 0) is 48.6 Å². The molecule has 1 unspecified atom stereocenters. The van der Waals surface area contributed by atoms with Crippen molar-refractivity contribution in [2.24, 2.45) is 11.3 Å². The number of hydrogen-bond acceptors (Lipinski definition) is 3. The lowest BCUT2D eigenvalue weighted by Gasteiger charge is -2.46. The summed E-state index contributed by atoms with van der Waals surface area (Å²) in [6.07, 6.45) is 3.17. The van der Waals surface area contributed by atoms with Crippen LogP contribution in [0.15, 0.2) is 60.7 Å². The van der Waals surface area contributed by atoms with E-state index in [1.54, 1.807) is 0 Å². The van der Waals surface area contributed by atoms with E-state index in [4.69, 9.17) is 9.57 Å². The van der Waals surface area contributed by atoms with Crippen LogP contribution in [-0.2, 0) is 9.57 Å². The molecule has 0 bridgehead atoms. The van der Waals surface area contributed by atoms with E-state index in [1.807, 2.05) is 7.11 Å². The smallest absolute Gasteiger partial charge is 0.194 e. The third-order valence-corrected chi connectivity index (χ3v) is 7.01. The predicted octanol–water partition coefficient (Wildman–Crippen LogP) is 5.97. The number of benzene rings is 2. The average Bonchev–Trinajstić information content (AvgIpc) is 3.40. The Morgan fingerprint density at radius 3 is 2.00 bits per heavy atom. The van der Waals surface area contributed by atoms with Gasteiger partial charge in [-0.1, -0.05) is 81.4 Å². The number of nitrogens with zero attached hydrogens (tertiary/aromatic N) is 1. The van der Waals surface area contributed by atoms with Gasteiger partial charge in [0.05, 0.1) is 6.04 Å². The van der Waals surface area contributed by atoms with Crippen LogP contribution in [0.4, 0.5) is 0 Å². The zero-order chi connectivity index (χ0) is 20.0. The van der Waals surface area contributed by atoms with Crippen LogP contribution in [0.1, 0.15) is 64.1 Å². The first kappa shape index (κ1) is 19.6. The first-order valence-electron chi connectivity index (χ1n) is 10.4. The van der Waals surface area contributed by atoms with E-state index >= 15 is 0 Å². The van der Waals surface area contributed by atoms with Gasteiger partial charge in [0, 0.05) is 7.11 Å². The molecule has 150 valence electrons. The summed E-state index contributed by atoms with van der Waals surface area (Å²) in [4.78, 5) is 6.49. The summed E-state index contributed by atoms with van der Waals surface area (Å²) in [7, 11) is 1.84. The van der Waals surface area contributed by atoms with E-state index in [2.05, 4.69) is 93.4 Å². The van der Waals surface area contributed by atoms with Crippen LogP contribution < -0.4 is 0 Å². The lowest BCUT2D eigenvalue weighted by Crippen LogP contribution is -2.53. The Morgan fingerprint density at radius 1 is 1.00 bits per heavy atom. The predicted molar refractivity (Wildman–Crippen MR) is 113 cm³/mol. The van der Waals surface area contributed by atoms with E-state index in [9.17, 15) is 0 Å². The maximum atomic E-state index is 6.49. The van der Waals surface area contributed by atoms with Gasteiger partial charge in [-0.2, -0.15) is 0 Å². The summed E-state index contributed by atoms with van der Waals surface area (Å²) >= 11 is 0. The van der Waals surface area contributed by atoms with Crippen LogP contribution in [0.3, 0.4) is 0 Å². The number of hydrogen-bond donors (Lipinski definition) is 0. The molecular formula is C25H33NO2. The van der Waals surface area contributed by atoms with Crippen molar-refractivity contribution in [1.29, 1.82) is 0 Å². The van der Waals surface area contributed by atoms with Crippen molar-refractivity contribution in [2.45, 2.75) is 64.3 Å². The van der Waals surface area contributed by atoms with Gasteiger partial charge >= 0.3 is 0 Å². The van der Waals surface area contributed by atoms with Crippen LogP contribution in [0.2, 0.25) is 0 Å². The topological polar surface area (TPSA) is 24.8 Å². The number of methoxy groups -OCH3 is 1. The molecule has 3 nitrogen and oxygen atoms in total. The minimum absolute atomic E-state index is 0.0723. The van der Waals surface area contributed by atoms with Crippen LogP contribution in [-0.4, -0.2) is 23.5 Å². The minimum atomic E-state index is -0.361. The van der Waals surface area contributed by atoms with Crippen LogP contribution in [0.5, 0.6) is 0 Å². The zero-order valence-electron chi connectivity index (χ0n) is 17.8. The van der Waals surface area contributed by atoms with Gasteiger partial charge in [0.1, 0.15) is 5.60 Å². The summed E-state index contributed by atoms with van der Waals surface area (Å²) in [5, 5.41) is 2.21. The quantitative estimate of drug-likeness (QED) is 0.612. The molecule has 4 atom stereocenters. The van der Waals surface area contributed by atoms with Crippen LogP contribution >= 0.6 is 0 Å². The van der Waals surface area contributed by atoms with Gasteiger partial charge in [0.25, 0.3) is 0 Å². The fourth-order valence-electron chi connectivity index (χ4n) is 4.97. The molecule has 2 fully saturated rings. The van der Waals surface area contributed by atoms with E-state index in [-0.39, 0.29) is 22.8 Å². The molecule has 28 heavy (non-hydrogen) atoms. The summed E-state index contributed by atoms with van der Waals surface area (Å²) in [5.41, 5.74) is 2.09. The molecule has 0 aromatic heterocycles. The van der Waals surface area contributed by atoms with E-state index in [0.717, 1.165) is 19.3 Å². The Hall–Kier alpha value is -1.68. The van der Waals surface area contributed by atoms with Crippen molar-refractivity contribution in [3.63, 3.8) is 0 Å². The van der Waals surface area contributed by atoms with E-state index in [0.29, 0.717) is 5.92 Å². The highest BCUT2D eigenvalue weighted by Crippen LogP contribution is 2.61. The lowest BCUT2D eigenvalue weighted by molar-refractivity contribution is -0.113. The molecule has 3 heteroatoms. The van der Waals surface area contributed by atoms with Crippen molar-refractivity contribution < 1.29 is 9.57 Å². The van der Waals surface area contributed by atoms with Crippen LogP contribution in [0, 0.1) is 11.3 Å². The zero-order valence-corrected chi connectivity index (χ0v) is 17.8. The third-order valence-electron chi connectivity index (χ3n) is 7.01. The van der Waals surface area contributed by atoms with E-state index < -0.39 is 0 Å². The summed E-state index contributed by atoms with van der Waals surface area (Å²) in [6, 6.07) is 21.4. The number of ether oxygens (including phenoxy) is 1. The van der Waals surface area contributed by atoms with Gasteiger partial charge in [0.2, 0.25) is 0 Å². The van der Waals surface area contributed by atoms with Crippen molar-refractivity contribution >= 4 is 0 Å². The molecule has 0 radical (unpaired) electrons. The van der Waals surface area contributed by atoms with Gasteiger partial charge < -0.3 is 4.74 Å². The maximum absolute atomic E-state index is 6.49. The summed E-state index contributed by atoms with van der Waals surface area (Å²) in [6.45, 7) is 9.26. The van der Waals surface area contributed by atoms with Crippen molar-refractivity contribution in [3.05, 3.63) is 71.8 Å². The molecule has 1 spiro atoms. The molecule has 0 N–H and O–H groups in total. The Labute approximate surface area is 169 Å². The van der Waals surface area contributed by atoms with E-state index in [1.165, 1.54) is 11.1 Å². The molecule has 1 saturated carbocycles. The Balaban J connectivity index is 1.69. The molecule has 1 saturated heterocycles. The second kappa shape index (κ2) is 6.98. The summed E-state index contributed by atoms with van der Waals surface area (Å²) in [5.74, 6) is 0.626. The molecule has 4 rings (SSSR count). The van der Waals surface area contributed by atoms with Gasteiger partial charge in [-0.3, -0.25) is 4.84 Å². The number of hydroxylamine groups is 2. The molecule has 1 aliphatic heterocycles. The monoisotopic (exact) mass is 379 g/mol. The fourth-order valence-corrected chi connectivity index (χ4v) is 4.97. The first-order chi connectivity index (χ1) is 13.3. The Morgan fingerprint density at radius 2 is 1.54 bits per heavy atom. The Bertz CT molecular complexity index is 761. The lowest BCUT2D eigenvalue weighted by atomic mass is 9.65. The normalized spacial score (nSPS) is 32.6. The van der Waals surface area contributed by atoms with Crippen LogP contribution in [0.25, 0.3) is 0 Å². The highest BCUT2D eigenvalue weighted by atomic mass is 16.9. The molecule has 1 heterocycles. The largest absolute Gasteiger partial charge is 0.374 e. The average molecular weight is 380 g/mol. The molecular weight excluding hydrogens is 346 g/mol. The maximum Gasteiger partial charge on any atom is 0.194 e. The van der Waals surface area contributed by atoms with Gasteiger partial charge in [-0.25, -0.2) is 0 Å².